The first-order valence-corrected chi connectivity index (χ1v) is 7.95. The molecule has 1 aliphatic rings. The van der Waals surface area contributed by atoms with Gasteiger partial charge < -0.3 is 10.1 Å². The van der Waals surface area contributed by atoms with E-state index in [4.69, 9.17) is 4.74 Å². The summed E-state index contributed by atoms with van der Waals surface area (Å²) in [4.78, 5) is 49.1. The van der Waals surface area contributed by atoms with Gasteiger partial charge in [0.25, 0.3) is 11.8 Å². The van der Waals surface area contributed by atoms with Crippen LogP contribution in [-0.2, 0) is 9.59 Å². The van der Waals surface area contributed by atoms with Crippen LogP contribution < -0.4 is 10.1 Å². The molecule has 0 aromatic heterocycles. The smallest absolute Gasteiger partial charge is 0.330 e. The van der Waals surface area contributed by atoms with E-state index in [1.54, 1.807) is 37.3 Å². The van der Waals surface area contributed by atoms with Crippen molar-refractivity contribution in [3.05, 3.63) is 65.2 Å². The normalized spacial score (nSPS) is 12.7. The fourth-order valence-corrected chi connectivity index (χ4v) is 2.58. The van der Waals surface area contributed by atoms with E-state index in [1.807, 2.05) is 6.07 Å². The van der Waals surface area contributed by atoms with Crippen LogP contribution in [0.25, 0.3) is 0 Å². The molecule has 1 heterocycles. The Balaban J connectivity index is 1.54. The van der Waals surface area contributed by atoms with E-state index in [2.05, 4.69) is 5.32 Å². The highest BCUT2D eigenvalue weighted by Crippen LogP contribution is 2.21. The molecule has 0 saturated heterocycles. The Bertz CT molecular complexity index is 871. The Morgan fingerprint density at radius 2 is 1.54 bits per heavy atom. The molecule has 3 amide bonds. The average Bonchev–Trinajstić information content (AvgIpc) is 2.87. The molecule has 1 aliphatic heterocycles. The summed E-state index contributed by atoms with van der Waals surface area (Å²) in [5.41, 5.74) is 1.33. The van der Waals surface area contributed by atoms with Crippen LogP contribution in [0.2, 0.25) is 0 Å². The number of carbonyl (C=O) groups is 4. The van der Waals surface area contributed by atoms with Crippen molar-refractivity contribution >= 4 is 23.7 Å². The zero-order valence-corrected chi connectivity index (χ0v) is 14.0. The number of nitrogens with zero attached hydrogens (tertiary/aromatic N) is 1. The Hall–Kier alpha value is -3.48. The van der Waals surface area contributed by atoms with Gasteiger partial charge in [-0.15, -0.1) is 0 Å². The monoisotopic (exact) mass is 352 g/mol. The van der Waals surface area contributed by atoms with Crippen molar-refractivity contribution in [2.24, 2.45) is 0 Å². The van der Waals surface area contributed by atoms with Gasteiger partial charge in [-0.05, 0) is 30.7 Å². The van der Waals surface area contributed by atoms with Gasteiger partial charge in [0.1, 0.15) is 18.8 Å². The molecule has 0 radical (unpaired) electrons. The number of carbonyl (C=O) groups excluding carboxylic acids is 4. The van der Waals surface area contributed by atoms with E-state index >= 15 is 0 Å². The van der Waals surface area contributed by atoms with Crippen LogP contribution in [-0.4, -0.2) is 41.7 Å². The number of nitrogens with one attached hydrogen (secondary N) is 1. The summed E-state index contributed by atoms with van der Waals surface area (Å²) < 4.78 is 5.16. The third-order valence-electron chi connectivity index (χ3n) is 3.93. The van der Waals surface area contributed by atoms with Crippen LogP contribution in [0.3, 0.4) is 0 Å². The number of ether oxygens (including phenoxy) is 1. The van der Waals surface area contributed by atoms with E-state index in [0.717, 1.165) is 10.5 Å². The first kappa shape index (κ1) is 17.3. The van der Waals surface area contributed by atoms with Crippen molar-refractivity contribution in [3.63, 3.8) is 0 Å². The second kappa shape index (κ2) is 7.18. The lowest BCUT2D eigenvalue weighted by atomic mass is 10.1. The van der Waals surface area contributed by atoms with E-state index < -0.39 is 30.2 Å². The summed E-state index contributed by atoms with van der Waals surface area (Å²) in [6.45, 7) is 0.976. The summed E-state index contributed by atoms with van der Waals surface area (Å²) in [5.74, 6) is -1.91. The van der Waals surface area contributed by atoms with Crippen LogP contribution in [0, 0.1) is 6.92 Å². The fourth-order valence-electron chi connectivity index (χ4n) is 2.58. The molecule has 3 rings (SSSR count). The zero-order valence-electron chi connectivity index (χ0n) is 14.0. The second-order valence-electron chi connectivity index (χ2n) is 5.76. The van der Waals surface area contributed by atoms with Gasteiger partial charge in [0.05, 0.1) is 11.1 Å². The van der Waals surface area contributed by atoms with Crippen molar-refractivity contribution in [2.75, 3.05) is 13.1 Å². The van der Waals surface area contributed by atoms with Crippen LogP contribution in [0.15, 0.2) is 48.5 Å². The molecule has 1 N–H and O–H groups in total. The zero-order chi connectivity index (χ0) is 18.7. The second-order valence-corrected chi connectivity index (χ2v) is 5.76. The molecule has 0 fully saturated rings. The van der Waals surface area contributed by atoms with Gasteiger partial charge in [0.2, 0.25) is 5.91 Å². The molecule has 7 heteroatoms. The van der Waals surface area contributed by atoms with Crippen molar-refractivity contribution in [1.82, 2.24) is 10.2 Å². The van der Waals surface area contributed by atoms with E-state index in [-0.39, 0.29) is 17.7 Å². The summed E-state index contributed by atoms with van der Waals surface area (Å²) in [5, 5.41) is 2.36. The number of rotatable bonds is 5. The third-order valence-corrected chi connectivity index (χ3v) is 3.93. The highest BCUT2D eigenvalue weighted by atomic mass is 16.5. The molecule has 0 atom stereocenters. The standard InChI is InChI=1S/C19H16N2O5/c1-12-6-2-5-9-15(12)26-17(23)10-20-16(22)11-21-18(24)13-7-3-4-8-14(13)19(21)25/h2-9H,10-11H2,1H3,(H,20,22). The molecule has 26 heavy (non-hydrogen) atoms. The van der Waals surface area contributed by atoms with Gasteiger partial charge in [-0.2, -0.15) is 0 Å². The van der Waals surface area contributed by atoms with Gasteiger partial charge >= 0.3 is 5.97 Å². The summed E-state index contributed by atoms with van der Waals surface area (Å²) in [6.07, 6.45) is 0. The number of hydrogen-bond donors (Lipinski definition) is 1. The van der Waals surface area contributed by atoms with Gasteiger partial charge in [-0.1, -0.05) is 30.3 Å². The topological polar surface area (TPSA) is 92.8 Å². The van der Waals surface area contributed by atoms with Gasteiger partial charge in [0.15, 0.2) is 0 Å². The van der Waals surface area contributed by atoms with Crippen LogP contribution >= 0.6 is 0 Å². The SMILES string of the molecule is Cc1ccccc1OC(=O)CNC(=O)CN1C(=O)c2ccccc2C1=O. The van der Waals surface area contributed by atoms with Crippen LogP contribution in [0.5, 0.6) is 5.75 Å². The molecule has 0 saturated carbocycles. The molecule has 2 aromatic rings. The van der Waals surface area contributed by atoms with E-state index in [0.29, 0.717) is 5.75 Å². The maximum Gasteiger partial charge on any atom is 0.330 e. The van der Waals surface area contributed by atoms with Crippen LogP contribution in [0.1, 0.15) is 26.3 Å². The maximum atomic E-state index is 12.2. The lowest BCUT2D eigenvalue weighted by molar-refractivity contribution is -0.135. The lowest BCUT2D eigenvalue weighted by Gasteiger charge is -2.13. The molecule has 7 nitrogen and oxygen atoms in total. The minimum atomic E-state index is -0.644. The Labute approximate surface area is 149 Å². The largest absolute Gasteiger partial charge is 0.425 e. The molecule has 0 aliphatic carbocycles. The Kier molecular flexibility index (Phi) is 4.79. The Morgan fingerprint density at radius 3 is 2.15 bits per heavy atom. The quantitative estimate of drug-likeness (QED) is 0.498. The summed E-state index contributed by atoms with van der Waals surface area (Å²) in [6, 6.07) is 13.4. The highest BCUT2D eigenvalue weighted by molar-refractivity contribution is 6.22. The van der Waals surface area contributed by atoms with Crippen molar-refractivity contribution in [3.8, 4) is 5.75 Å². The maximum absolute atomic E-state index is 12.2. The van der Waals surface area contributed by atoms with Crippen LogP contribution in [0.4, 0.5) is 0 Å². The predicted molar refractivity (Wildman–Crippen MR) is 91.6 cm³/mol. The Morgan fingerprint density at radius 1 is 0.962 bits per heavy atom. The number of benzene rings is 2. The van der Waals surface area contributed by atoms with Crippen molar-refractivity contribution in [2.45, 2.75) is 6.92 Å². The number of esters is 1. The molecule has 2 aromatic carbocycles. The number of amides is 3. The van der Waals surface area contributed by atoms with Gasteiger partial charge in [-0.3, -0.25) is 19.3 Å². The average molecular weight is 352 g/mol. The van der Waals surface area contributed by atoms with Gasteiger partial charge in [-0.25, -0.2) is 4.79 Å². The third kappa shape index (κ3) is 3.46. The molecule has 132 valence electrons. The molecule has 0 spiro atoms. The lowest BCUT2D eigenvalue weighted by Crippen LogP contribution is -2.42. The van der Waals surface area contributed by atoms with Gasteiger partial charge in [0, 0.05) is 0 Å². The number of para-hydroxylation sites is 1. The summed E-state index contributed by atoms with van der Waals surface area (Å²) in [7, 11) is 0. The number of hydrogen-bond acceptors (Lipinski definition) is 5. The first-order valence-electron chi connectivity index (χ1n) is 7.95. The van der Waals surface area contributed by atoms with Crippen molar-refractivity contribution < 1.29 is 23.9 Å². The number of fused-ring (bicyclic) bond motifs is 1. The van der Waals surface area contributed by atoms with E-state index in [9.17, 15) is 19.2 Å². The predicted octanol–water partition coefficient (Wildman–Crippen LogP) is 1.31. The molecular formula is C19H16N2O5. The van der Waals surface area contributed by atoms with E-state index in [1.165, 1.54) is 12.1 Å². The summed E-state index contributed by atoms with van der Waals surface area (Å²) >= 11 is 0. The fraction of sp³-hybridized carbons (Fsp3) is 0.158. The minimum Gasteiger partial charge on any atom is -0.425 e. The molecular weight excluding hydrogens is 336 g/mol. The molecule has 0 bridgehead atoms. The first-order chi connectivity index (χ1) is 12.5. The highest BCUT2D eigenvalue weighted by Gasteiger charge is 2.36. The minimum absolute atomic E-state index is 0.268. The number of aryl methyl sites for hydroxylation is 1. The number of imide groups is 1. The molecule has 0 unspecified atom stereocenters. The van der Waals surface area contributed by atoms with Crippen molar-refractivity contribution in [1.29, 1.82) is 0 Å².